The van der Waals surface area contributed by atoms with E-state index in [9.17, 15) is 4.79 Å². The Morgan fingerprint density at radius 2 is 1.95 bits per heavy atom. The van der Waals surface area contributed by atoms with Gasteiger partial charge in [0, 0.05) is 5.54 Å². The fraction of sp³-hybridized carbons (Fsp3) is 0.400. The van der Waals surface area contributed by atoms with E-state index in [1.165, 1.54) is 0 Å². The Morgan fingerprint density at radius 3 is 2.55 bits per heavy atom. The summed E-state index contributed by atoms with van der Waals surface area (Å²) in [7, 11) is 0. The lowest BCUT2D eigenvalue weighted by Gasteiger charge is -2.19. The van der Waals surface area contributed by atoms with Crippen LogP contribution >= 0.6 is 0 Å². The number of nitrogens with zero attached hydrogens (tertiary/aromatic N) is 3. The fourth-order valence-electron chi connectivity index (χ4n) is 1.94. The fourth-order valence-corrected chi connectivity index (χ4v) is 1.94. The number of carbonyl (C=O) groups excluding carboxylic acids is 1. The highest BCUT2D eigenvalue weighted by Crippen LogP contribution is 2.14. The maximum atomic E-state index is 12.2. The molecule has 20 heavy (non-hydrogen) atoms. The first-order valence-corrected chi connectivity index (χ1v) is 6.60. The third kappa shape index (κ3) is 3.04. The van der Waals surface area contributed by atoms with E-state index in [1.807, 2.05) is 58.9 Å². The van der Waals surface area contributed by atoms with Gasteiger partial charge in [0.15, 0.2) is 5.69 Å². The molecule has 2 rings (SSSR count). The van der Waals surface area contributed by atoms with Crippen molar-refractivity contribution in [3.05, 3.63) is 41.2 Å². The number of benzene rings is 1. The minimum Gasteiger partial charge on any atom is -0.346 e. The summed E-state index contributed by atoms with van der Waals surface area (Å²) in [5, 5.41) is 11.0. The van der Waals surface area contributed by atoms with E-state index in [4.69, 9.17) is 0 Å². The van der Waals surface area contributed by atoms with Crippen molar-refractivity contribution in [1.29, 1.82) is 0 Å². The molecule has 5 heteroatoms. The van der Waals surface area contributed by atoms with Gasteiger partial charge in [-0.15, -0.1) is 5.10 Å². The Labute approximate surface area is 119 Å². The smallest absolute Gasteiger partial charge is 0.274 e. The van der Waals surface area contributed by atoms with Gasteiger partial charge in [0.1, 0.15) is 0 Å². The van der Waals surface area contributed by atoms with Gasteiger partial charge in [-0.05, 0) is 52.3 Å². The minimum atomic E-state index is -0.295. The second-order valence-electron chi connectivity index (χ2n) is 5.98. The molecule has 0 unspecified atom stereocenters. The number of rotatable bonds is 2. The summed E-state index contributed by atoms with van der Waals surface area (Å²) in [6.07, 6.45) is 0. The van der Waals surface area contributed by atoms with Crippen LogP contribution in [-0.4, -0.2) is 26.4 Å². The Bertz CT molecular complexity index is 638. The average Bonchev–Trinajstić information content (AvgIpc) is 2.69. The number of carbonyl (C=O) groups is 1. The predicted molar refractivity (Wildman–Crippen MR) is 78.1 cm³/mol. The number of amides is 1. The summed E-state index contributed by atoms with van der Waals surface area (Å²) >= 11 is 0. The van der Waals surface area contributed by atoms with Crippen LogP contribution < -0.4 is 5.32 Å². The summed E-state index contributed by atoms with van der Waals surface area (Å²) in [4.78, 5) is 12.2. The van der Waals surface area contributed by atoms with Crippen LogP contribution in [0.25, 0.3) is 5.69 Å². The van der Waals surface area contributed by atoms with E-state index in [0.29, 0.717) is 5.69 Å². The standard InChI is InChI=1S/C15H20N4O/c1-10-7-6-8-12(9-10)19-11(2)13(17-18-19)14(20)16-15(3,4)5/h6-9H,1-5H3,(H,16,20). The van der Waals surface area contributed by atoms with Crippen molar-refractivity contribution in [2.75, 3.05) is 0 Å². The Morgan fingerprint density at radius 1 is 1.25 bits per heavy atom. The van der Waals surface area contributed by atoms with Crippen molar-refractivity contribution < 1.29 is 4.79 Å². The van der Waals surface area contributed by atoms with Gasteiger partial charge in [0.05, 0.1) is 11.4 Å². The second kappa shape index (κ2) is 5.07. The quantitative estimate of drug-likeness (QED) is 0.913. The second-order valence-corrected chi connectivity index (χ2v) is 5.98. The molecule has 0 spiro atoms. The van der Waals surface area contributed by atoms with E-state index in [0.717, 1.165) is 16.9 Å². The zero-order valence-corrected chi connectivity index (χ0v) is 12.6. The van der Waals surface area contributed by atoms with Crippen molar-refractivity contribution >= 4 is 5.91 Å². The Kier molecular flexibility index (Phi) is 3.61. The molecule has 1 N–H and O–H groups in total. The van der Waals surface area contributed by atoms with E-state index >= 15 is 0 Å². The van der Waals surface area contributed by atoms with Crippen molar-refractivity contribution in [1.82, 2.24) is 20.3 Å². The van der Waals surface area contributed by atoms with E-state index in [1.54, 1.807) is 4.68 Å². The molecule has 1 heterocycles. The lowest BCUT2D eigenvalue weighted by Crippen LogP contribution is -2.41. The van der Waals surface area contributed by atoms with Crippen molar-refractivity contribution in [3.63, 3.8) is 0 Å². The first-order chi connectivity index (χ1) is 9.28. The number of hydrogen-bond acceptors (Lipinski definition) is 3. The molecule has 0 fully saturated rings. The van der Waals surface area contributed by atoms with Crippen LogP contribution in [0.5, 0.6) is 0 Å². The molecule has 1 amide bonds. The van der Waals surface area contributed by atoms with Crippen LogP contribution in [-0.2, 0) is 0 Å². The van der Waals surface area contributed by atoms with E-state index < -0.39 is 0 Å². The molecule has 0 atom stereocenters. The monoisotopic (exact) mass is 272 g/mol. The summed E-state index contributed by atoms with van der Waals surface area (Å²) in [6, 6.07) is 7.93. The van der Waals surface area contributed by atoms with Crippen LogP contribution in [0.15, 0.2) is 24.3 Å². The van der Waals surface area contributed by atoms with Crippen molar-refractivity contribution in [2.24, 2.45) is 0 Å². The first-order valence-electron chi connectivity index (χ1n) is 6.60. The van der Waals surface area contributed by atoms with Crippen molar-refractivity contribution in [2.45, 2.75) is 40.2 Å². The molecule has 5 nitrogen and oxygen atoms in total. The topological polar surface area (TPSA) is 59.8 Å². The average molecular weight is 272 g/mol. The molecule has 0 saturated heterocycles. The maximum Gasteiger partial charge on any atom is 0.274 e. The number of aryl methyl sites for hydroxylation is 1. The summed E-state index contributed by atoms with van der Waals surface area (Å²) in [5.41, 5.74) is 2.85. The van der Waals surface area contributed by atoms with Gasteiger partial charge < -0.3 is 5.32 Å². The van der Waals surface area contributed by atoms with Crippen molar-refractivity contribution in [3.8, 4) is 5.69 Å². The highest BCUT2D eigenvalue weighted by Gasteiger charge is 2.21. The predicted octanol–water partition coefficient (Wildman–Crippen LogP) is 2.41. The van der Waals surface area contributed by atoms with Crippen LogP contribution in [0.1, 0.15) is 42.5 Å². The lowest BCUT2D eigenvalue weighted by molar-refractivity contribution is 0.0913. The molecule has 1 aromatic carbocycles. The van der Waals surface area contributed by atoms with Gasteiger partial charge in [-0.25, -0.2) is 4.68 Å². The minimum absolute atomic E-state index is 0.200. The highest BCUT2D eigenvalue weighted by molar-refractivity contribution is 5.93. The van der Waals surface area contributed by atoms with Gasteiger partial charge in [0.2, 0.25) is 0 Å². The Balaban J connectivity index is 2.34. The molecule has 106 valence electrons. The van der Waals surface area contributed by atoms with Crippen LogP contribution in [0, 0.1) is 13.8 Å². The molecule has 0 radical (unpaired) electrons. The number of aromatic nitrogens is 3. The zero-order valence-electron chi connectivity index (χ0n) is 12.6. The SMILES string of the molecule is Cc1cccc(-n2nnc(C(=O)NC(C)(C)C)c2C)c1. The third-order valence-electron chi connectivity index (χ3n) is 2.84. The summed E-state index contributed by atoms with van der Waals surface area (Å²) in [6.45, 7) is 9.67. The molecule has 0 saturated carbocycles. The normalized spacial score (nSPS) is 11.4. The highest BCUT2D eigenvalue weighted by atomic mass is 16.2. The van der Waals surface area contributed by atoms with E-state index in [2.05, 4.69) is 15.6 Å². The van der Waals surface area contributed by atoms with Crippen LogP contribution in [0.3, 0.4) is 0 Å². The molecule has 2 aromatic rings. The molecular weight excluding hydrogens is 252 g/mol. The summed E-state index contributed by atoms with van der Waals surface area (Å²) < 4.78 is 1.69. The van der Waals surface area contributed by atoms with Gasteiger partial charge in [-0.1, -0.05) is 17.3 Å². The maximum absolute atomic E-state index is 12.2. The van der Waals surface area contributed by atoms with E-state index in [-0.39, 0.29) is 11.4 Å². The molecule has 1 aromatic heterocycles. The van der Waals surface area contributed by atoms with Gasteiger partial charge in [-0.3, -0.25) is 4.79 Å². The van der Waals surface area contributed by atoms with Crippen LogP contribution in [0.2, 0.25) is 0 Å². The van der Waals surface area contributed by atoms with Gasteiger partial charge >= 0.3 is 0 Å². The summed E-state index contributed by atoms with van der Waals surface area (Å²) in [5.74, 6) is -0.200. The zero-order chi connectivity index (χ0) is 14.9. The van der Waals surface area contributed by atoms with Crippen LogP contribution in [0.4, 0.5) is 0 Å². The van der Waals surface area contributed by atoms with Gasteiger partial charge in [-0.2, -0.15) is 0 Å². The number of hydrogen-bond donors (Lipinski definition) is 1. The van der Waals surface area contributed by atoms with Gasteiger partial charge in [0.25, 0.3) is 5.91 Å². The molecular formula is C15H20N4O. The first kappa shape index (κ1) is 14.2. The Hall–Kier alpha value is -2.17. The number of nitrogens with one attached hydrogen (secondary N) is 1. The molecule has 0 bridgehead atoms. The largest absolute Gasteiger partial charge is 0.346 e. The lowest BCUT2D eigenvalue weighted by atomic mass is 10.1. The third-order valence-corrected chi connectivity index (χ3v) is 2.84. The molecule has 0 aliphatic carbocycles. The molecule has 0 aliphatic heterocycles. The molecule has 0 aliphatic rings.